The predicted molar refractivity (Wildman–Crippen MR) is 125 cm³/mol. The van der Waals surface area contributed by atoms with E-state index < -0.39 is 0 Å². The number of amides is 1. The van der Waals surface area contributed by atoms with E-state index in [0.717, 1.165) is 41.4 Å². The molecule has 0 unspecified atom stereocenters. The van der Waals surface area contributed by atoms with Gasteiger partial charge in [-0.1, -0.05) is 42.5 Å². The number of carbonyl (C=O) groups excluding carboxylic acids is 1. The van der Waals surface area contributed by atoms with Gasteiger partial charge < -0.3 is 20.3 Å². The lowest BCUT2D eigenvalue weighted by Crippen LogP contribution is -2.36. The van der Waals surface area contributed by atoms with E-state index in [9.17, 15) is 4.79 Å². The predicted octanol–water partition coefficient (Wildman–Crippen LogP) is 3.85. The summed E-state index contributed by atoms with van der Waals surface area (Å²) in [4.78, 5) is 18.2. The third-order valence-corrected chi connectivity index (χ3v) is 5.05. The first-order valence-corrected chi connectivity index (χ1v) is 10.9. The van der Waals surface area contributed by atoms with Gasteiger partial charge in [0.25, 0.3) is 0 Å². The molecule has 166 valence electrons. The number of para-hydroxylation sites is 1. The highest BCUT2D eigenvalue weighted by atomic mass is 16.5. The second-order valence-electron chi connectivity index (χ2n) is 8.84. The fourth-order valence-corrected chi connectivity index (χ4v) is 3.59. The molecule has 0 atom stereocenters. The lowest BCUT2D eigenvalue weighted by atomic mass is 10.1. The number of rotatable bonds is 7. The Morgan fingerprint density at radius 3 is 2.52 bits per heavy atom. The van der Waals surface area contributed by atoms with E-state index in [1.807, 2.05) is 49.9 Å². The van der Waals surface area contributed by atoms with Crippen molar-refractivity contribution >= 4 is 11.9 Å². The molecule has 0 bridgehead atoms. The Morgan fingerprint density at radius 1 is 1.06 bits per heavy atom. The number of aliphatic imine (C=N–C) groups is 1. The molecule has 0 aliphatic carbocycles. The summed E-state index contributed by atoms with van der Waals surface area (Å²) in [7, 11) is 1.77. The maximum absolute atomic E-state index is 11.9. The van der Waals surface area contributed by atoms with Crippen LogP contribution in [0.5, 0.6) is 5.75 Å². The van der Waals surface area contributed by atoms with E-state index in [1.54, 1.807) is 7.05 Å². The van der Waals surface area contributed by atoms with E-state index >= 15 is 0 Å². The lowest BCUT2D eigenvalue weighted by Gasteiger charge is -2.23. The zero-order valence-electron chi connectivity index (χ0n) is 19.1. The summed E-state index contributed by atoms with van der Waals surface area (Å²) in [5.41, 5.74) is 3.15. The molecule has 2 aromatic carbocycles. The van der Waals surface area contributed by atoms with Crippen molar-refractivity contribution in [1.82, 2.24) is 15.5 Å². The van der Waals surface area contributed by atoms with Crippen LogP contribution in [-0.4, -0.2) is 36.0 Å². The van der Waals surface area contributed by atoms with Crippen LogP contribution in [0.1, 0.15) is 50.3 Å². The summed E-state index contributed by atoms with van der Waals surface area (Å²) in [5.74, 6) is 1.86. The fraction of sp³-hybridized carbons (Fsp3) is 0.440. The maximum Gasteiger partial charge on any atom is 0.222 e. The number of guanidine groups is 1. The fourth-order valence-electron chi connectivity index (χ4n) is 3.59. The molecule has 1 aliphatic heterocycles. The Labute approximate surface area is 185 Å². The number of carbonyl (C=O) groups is 1. The zero-order chi connectivity index (χ0) is 22.3. The van der Waals surface area contributed by atoms with Crippen molar-refractivity contribution in [2.75, 3.05) is 13.6 Å². The van der Waals surface area contributed by atoms with E-state index in [2.05, 4.69) is 39.9 Å². The first-order chi connectivity index (χ1) is 14.8. The van der Waals surface area contributed by atoms with Crippen LogP contribution in [0.2, 0.25) is 0 Å². The third-order valence-electron chi connectivity index (χ3n) is 5.05. The minimum absolute atomic E-state index is 0.249. The van der Waals surface area contributed by atoms with Gasteiger partial charge in [-0.15, -0.1) is 0 Å². The lowest BCUT2D eigenvalue weighted by molar-refractivity contribution is -0.128. The van der Waals surface area contributed by atoms with Crippen LogP contribution in [-0.2, 0) is 24.4 Å². The highest BCUT2D eigenvalue weighted by molar-refractivity contribution is 5.79. The van der Waals surface area contributed by atoms with Crippen molar-refractivity contribution in [2.45, 2.75) is 58.8 Å². The minimum atomic E-state index is -0.249. The maximum atomic E-state index is 11.9. The van der Waals surface area contributed by atoms with Crippen LogP contribution in [0.25, 0.3) is 0 Å². The number of likely N-dealkylation sites (tertiary alicyclic amines) is 1. The van der Waals surface area contributed by atoms with Gasteiger partial charge in [0.2, 0.25) is 5.91 Å². The van der Waals surface area contributed by atoms with Crippen molar-refractivity contribution in [1.29, 1.82) is 0 Å². The second-order valence-corrected chi connectivity index (χ2v) is 8.84. The summed E-state index contributed by atoms with van der Waals surface area (Å²) in [6.45, 7) is 8.95. The first-order valence-electron chi connectivity index (χ1n) is 10.9. The molecule has 1 fully saturated rings. The van der Waals surface area contributed by atoms with Crippen molar-refractivity contribution < 1.29 is 9.53 Å². The van der Waals surface area contributed by atoms with Crippen LogP contribution >= 0.6 is 0 Å². The summed E-state index contributed by atoms with van der Waals surface area (Å²) in [6.07, 6.45) is 1.64. The van der Waals surface area contributed by atoms with Crippen LogP contribution in [0.3, 0.4) is 0 Å². The Morgan fingerprint density at radius 2 is 1.81 bits per heavy atom. The van der Waals surface area contributed by atoms with Crippen LogP contribution in [0, 0.1) is 0 Å². The summed E-state index contributed by atoms with van der Waals surface area (Å²) in [6, 6.07) is 16.4. The normalized spacial score (nSPS) is 14.6. The van der Waals surface area contributed by atoms with Gasteiger partial charge in [-0.25, -0.2) is 0 Å². The molecule has 2 aromatic rings. The minimum Gasteiger partial charge on any atom is -0.488 e. The summed E-state index contributed by atoms with van der Waals surface area (Å²) >= 11 is 0. The van der Waals surface area contributed by atoms with E-state index in [-0.39, 0.29) is 11.5 Å². The van der Waals surface area contributed by atoms with Gasteiger partial charge >= 0.3 is 0 Å². The van der Waals surface area contributed by atoms with E-state index in [4.69, 9.17) is 4.74 Å². The molecule has 6 nitrogen and oxygen atoms in total. The third kappa shape index (κ3) is 7.02. The topological polar surface area (TPSA) is 66.0 Å². The van der Waals surface area contributed by atoms with Crippen molar-refractivity contribution in [3.05, 3.63) is 65.2 Å². The van der Waals surface area contributed by atoms with Gasteiger partial charge in [0.05, 0.1) is 0 Å². The SMILES string of the molecule is CN=C(NCc1cccc(CN2CCCC2=O)c1)NCc1ccccc1OC(C)(C)C. The van der Waals surface area contributed by atoms with Crippen LogP contribution in [0.15, 0.2) is 53.5 Å². The molecule has 0 aromatic heterocycles. The molecule has 31 heavy (non-hydrogen) atoms. The molecular formula is C25H34N4O2. The molecule has 0 saturated carbocycles. The number of hydrogen-bond acceptors (Lipinski definition) is 3. The van der Waals surface area contributed by atoms with Gasteiger partial charge in [-0.3, -0.25) is 9.79 Å². The average Bonchev–Trinajstić information content (AvgIpc) is 3.13. The number of ether oxygens (including phenoxy) is 1. The molecule has 1 aliphatic rings. The van der Waals surface area contributed by atoms with Crippen molar-refractivity contribution in [2.24, 2.45) is 4.99 Å². The molecule has 0 spiro atoms. The molecule has 1 saturated heterocycles. The number of hydrogen-bond donors (Lipinski definition) is 2. The number of benzene rings is 2. The van der Waals surface area contributed by atoms with Crippen molar-refractivity contribution in [3.63, 3.8) is 0 Å². The second kappa shape index (κ2) is 10.3. The van der Waals surface area contributed by atoms with E-state index in [0.29, 0.717) is 26.1 Å². The van der Waals surface area contributed by atoms with E-state index in [1.165, 1.54) is 0 Å². The molecule has 1 heterocycles. The Balaban J connectivity index is 1.55. The molecule has 1 amide bonds. The Hall–Kier alpha value is -3.02. The quantitative estimate of drug-likeness (QED) is 0.525. The first kappa shape index (κ1) is 22.7. The monoisotopic (exact) mass is 422 g/mol. The molecule has 2 N–H and O–H groups in total. The zero-order valence-corrected chi connectivity index (χ0v) is 19.1. The van der Waals surface area contributed by atoms with Crippen LogP contribution < -0.4 is 15.4 Å². The molecule has 6 heteroatoms. The Bertz CT molecular complexity index is 918. The molecule has 0 radical (unpaired) electrons. The average molecular weight is 423 g/mol. The van der Waals surface area contributed by atoms with Crippen molar-refractivity contribution in [3.8, 4) is 5.75 Å². The van der Waals surface area contributed by atoms with Gasteiger partial charge in [0, 0.05) is 45.2 Å². The largest absolute Gasteiger partial charge is 0.488 e. The van der Waals surface area contributed by atoms with Gasteiger partial charge in [0.15, 0.2) is 5.96 Å². The summed E-state index contributed by atoms with van der Waals surface area (Å²) < 4.78 is 6.08. The highest BCUT2D eigenvalue weighted by Crippen LogP contribution is 2.22. The number of nitrogens with zero attached hydrogens (tertiary/aromatic N) is 2. The van der Waals surface area contributed by atoms with Crippen LogP contribution in [0.4, 0.5) is 0 Å². The highest BCUT2D eigenvalue weighted by Gasteiger charge is 2.20. The Kier molecular flexibility index (Phi) is 7.55. The standard InChI is InChI=1S/C25H34N4O2/c1-25(2,3)31-22-12-6-5-11-21(22)17-28-24(26-4)27-16-19-9-7-10-20(15-19)18-29-14-8-13-23(29)30/h5-7,9-12,15H,8,13-14,16-18H2,1-4H3,(H2,26,27,28). The smallest absolute Gasteiger partial charge is 0.222 e. The van der Waals surface area contributed by atoms with Gasteiger partial charge in [0.1, 0.15) is 11.4 Å². The van der Waals surface area contributed by atoms with Gasteiger partial charge in [-0.05, 0) is 44.4 Å². The van der Waals surface area contributed by atoms with Gasteiger partial charge in [-0.2, -0.15) is 0 Å². The number of nitrogens with one attached hydrogen (secondary N) is 2. The summed E-state index contributed by atoms with van der Waals surface area (Å²) in [5, 5.41) is 6.74. The molecular weight excluding hydrogens is 388 g/mol. The molecule has 3 rings (SSSR count).